The van der Waals surface area contributed by atoms with Crippen LogP contribution in [-0.2, 0) is 0 Å². The summed E-state index contributed by atoms with van der Waals surface area (Å²) in [6.45, 7) is 0.419. The first-order valence-electron chi connectivity index (χ1n) is 5.16. The predicted molar refractivity (Wildman–Crippen MR) is 83.6 cm³/mol. The van der Waals surface area contributed by atoms with E-state index in [-0.39, 0.29) is 6.10 Å². The molecule has 0 aliphatic rings. The molecule has 2 aromatic rings. The first-order valence-corrected chi connectivity index (χ1v) is 8.00. The van der Waals surface area contributed by atoms with Crippen LogP contribution in [0.5, 0.6) is 5.75 Å². The van der Waals surface area contributed by atoms with E-state index in [0.29, 0.717) is 11.6 Å². The van der Waals surface area contributed by atoms with Gasteiger partial charge in [0.2, 0.25) is 0 Å². The number of ether oxygens (including phenoxy) is 1. The third-order valence-electron chi connectivity index (χ3n) is 2.28. The topological polar surface area (TPSA) is 35.2 Å². The fraction of sp³-hybridized carbons (Fsp3) is 0.167. The largest absolute Gasteiger partial charge is 0.482 e. The summed E-state index contributed by atoms with van der Waals surface area (Å²) in [5.41, 5.74) is 5.77. The van der Waals surface area contributed by atoms with Gasteiger partial charge < -0.3 is 10.5 Å². The van der Waals surface area contributed by atoms with Crippen LogP contribution in [-0.4, -0.2) is 6.54 Å². The number of hydrogen-bond acceptors (Lipinski definition) is 3. The van der Waals surface area contributed by atoms with Crippen molar-refractivity contribution in [1.82, 2.24) is 0 Å². The van der Waals surface area contributed by atoms with Crippen molar-refractivity contribution in [1.29, 1.82) is 0 Å². The molecule has 0 amide bonds. The van der Waals surface area contributed by atoms with Gasteiger partial charge in [-0.05, 0) is 56.1 Å². The number of rotatable bonds is 4. The maximum absolute atomic E-state index is 5.91. The van der Waals surface area contributed by atoms with Crippen molar-refractivity contribution in [2.24, 2.45) is 5.73 Å². The smallest absolute Gasteiger partial charge is 0.145 e. The van der Waals surface area contributed by atoms with Crippen LogP contribution in [0.15, 0.2) is 38.6 Å². The molecule has 0 aliphatic carbocycles. The lowest BCUT2D eigenvalue weighted by Crippen LogP contribution is -2.17. The summed E-state index contributed by atoms with van der Waals surface area (Å²) in [6, 6.07) is 7.44. The standard InChI is InChI=1S/C12H10Br2ClNOS/c13-7-3-12(18-6-7)11(5-16)17-10-2-1-8(15)4-9(10)14/h1-4,6,11H,5,16H2. The molecule has 1 unspecified atom stereocenters. The molecule has 0 saturated carbocycles. The quantitative estimate of drug-likeness (QED) is 0.768. The zero-order valence-corrected chi connectivity index (χ0v) is 13.9. The second-order valence-corrected chi connectivity index (χ2v) is 6.73. The molecule has 0 spiro atoms. The Bertz CT molecular complexity index is 547. The molecule has 0 saturated heterocycles. The monoisotopic (exact) mass is 409 g/mol. The maximum atomic E-state index is 5.91. The number of thiophene rings is 1. The van der Waals surface area contributed by atoms with Gasteiger partial charge in [-0.15, -0.1) is 11.3 Å². The van der Waals surface area contributed by atoms with Crippen LogP contribution in [0.2, 0.25) is 5.02 Å². The van der Waals surface area contributed by atoms with Crippen LogP contribution in [0.25, 0.3) is 0 Å². The molecule has 1 atom stereocenters. The van der Waals surface area contributed by atoms with E-state index in [1.165, 1.54) is 0 Å². The Morgan fingerprint density at radius 1 is 1.33 bits per heavy atom. The molecule has 1 aromatic carbocycles. The third kappa shape index (κ3) is 3.48. The van der Waals surface area contributed by atoms with Gasteiger partial charge in [-0.25, -0.2) is 0 Å². The van der Waals surface area contributed by atoms with Crippen molar-refractivity contribution < 1.29 is 4.74 Å². The van der Waals surface area contributed by atoms with Gasteiger partial charge in [-0.2, -0.15) is 0 Å². The molecule has 18 heavy (non-hydrogen) atoms. The second-order valence-electron chi connectivity index (χ2n) is 3.58. The molecule has 1 aromatic heterocycles. The van der Waals surface area contributed by atoms with Crippen molar-refractivity contribution in [3.8, 4) is 5.75 Å². The number of hydrogen-bond donors (Lipinski definition) is 1. The van der Waals surface area contributed by atoms with E-state index in [9.17, 15) is 0 Å². The highest BCUT2D eigenvalue weighted by Gasteiger charge is 2.15. The highest BCUT2D eigenvalue weighted by molar-refractivity contribution is 9.10. The number of nitrogens with two attached hydrogens (primary N) is 1. The van der Waals surface area contributed by atoms with Gasteiger partial charge in [0.25, 0.3) is 0 Å². The van der Waals surface area contributed by atoms with Crippen molar-refractivity contribution in [3.63, 3.8) is 0 Å². The molecular weight excluding hydrogens is 401 g/mol. The molecule has 2 nitrogen and oxygen atoms in total. The first kappa shape index (κ1) is 14.3. The highest BCUT2D eigenvalue weighted by Crippen LogP contribution is 2.33. The molecule has 1 heterocycles. The minimum atomic E-state index is -0.154. The Morgan fingerprint density at radius 2 is 2.11 bits per heavy atom. The molecular formula is C12H10Br2ClNOS. The number of benzene rings is 1. The molecule has 2 N–H and O–H groups in total. The molecule has 2 rings (SSSR count). The van der Waals surface area contributed by atoms with E-state index in [1.807, 2.05) is 17.5 Å². The van der Waals surface area contributed by atoms with E-state index < -0.39 is 0 Å². The van der Waals surface area contributed by atoms with Crippen LogP contribution in [0.4, 0.5) is 0 Å². The molecule has 0 aliphatic heterocycles. The van der Waals surface area contributed by atoms with E-state index in [0.717, 1.165) is 19.6 Å². The molecule has 0 fully saturated rings. The molecule has 6 heteroatoms. The maximum Gasteiger partial charge on any atom is 0.145 e. The van der Waals surface area contributed by atoms with Crippen molar-refractivity contribution in [2.75, 3.05) is 6.54 Å². The van der Waals surface area contributed by atoms with Crippen LogP contribution in [0, 0.1) is 0 Å². The third-order valence-corrected chi connectivity index (χ3v) is 4.92. The van der Waals surface area contributed by atoms with Gasteiger partial charge >= 0.3 is 0 Å². The van der Waals surface area contributed by atoms with Gasteiger partial charge in [0.05, 0.1) is 4.47 Å². The fourth-order valence-electron chi connectivity index (χ4n) is 1.44. The zero-order chi connectivity index (χ0) is 13.1. The second kappa shape index (κ2) is 6.39. The Balaban J connectivity index is 2.20. The summed E-state index contributed by atoms with van der Waals surface area (Å²) in [6.07, 6.45) is -0.154. The summed E-state index contributed by atoms with van der Waals surface area (Å²) in [5, 5.41) is 2.68. The zero-order valence-electron chi connectivity index (χ0n) is 9.20. The summed E-state index contributed by atoms with van der Waals surface area (Å²) in [4.78, 5) is 1.09. The van der Waals surface area contributed by atoms with Gasteiger partial charge in [0, 0.05) is 26.3 Å². The SMILES string of the molecule is NCC(Oc1ccc(Cl)cc1Br)c1cc(Br)cs1. The van der Waals surface area contributed by atoms with Crippen LogP contribution >= 0.6 is 54.8 Å². The van der Waals surface area contributed by atoms with E-state index in [2.05, 4.69) is 31.9 Å². The van der Waals surface area contributed by atoms with Gasteiger partial charge in [-0.1, -0.05) is 11.6 Å². The van der Waals surface area contributed by atoms with Gasteiger partial charge in [0.15, 0.2) is 0 Å². The lowest BCUT2D eigenvalue weighted by Gasteiger charge is -2.17. The minimum Gasteiger partial charge on any atom is -0.482 e. The minimum absolute atomic E-state index is 0.154. The summed E-state index contributed by atoms with van der Waals surface area (Å²) < 4.78 is 7.77. The van der Waals surface area contributed by atoms with Crippen LogP contribution < -0.4 is 10.5 Å². The Labute approximate surface area is 131 Å². The molecule has 0 bridgehead atoms. The fourth-order valence-corrected chi connectivity index (χ4v) is 3.71. The highest BCUT2D eigenvalue weighted by atomic mass is 79.9. The van der Waals surface area contributed by atoms with Crippen molar-refractivity contribution in [3.05, 3.63) is 48.5 Å². The summed E-state index contributed by atoms with van der Waals surface area (Å²) in [5.74, 6) is 0.736. The van der Waals surface area contributed by atoms with Crippen molar-refractivity contribution in [2.45, 2.75) is 6.10 Å². The molecule has 96 valence electrons. The Hall–Kier alpha value is -0.0700. The van der Waals surface area contributed by atoms with E-state index in [4.69, 9.17) is 22.1 Å². The van der Waals surface area contributed by atoms with Crippen LogP contribution in [0.3, 0.4) is 0 Å². The average Bonchev–Trinajstić information content (AvgIpc) is 2.75. The summed E-state index contributed by atoms with van der Waals surface area (Å²) in [7, 11) is 0. The first-order chi connectivity index (χ1) is 8.60. The predicted octanol–water partition coefficient (Wildman–Crippen LogP) is 5.01. The van der Waals surface area contributed by atoms with E-state index >= 15 is 0 Å². The normalized spacial score (nSPS) is 12.4. The van der Waals surface area contributed by atoms with Crippen LogP contribution in [0.1, 0.15) is 11.0 Å². The lowest BCUT2D eigenvalue weighted by atomic mass is 10.3. The van der Waals surface area contributed by atoms with Crippen molar-refractivity contribution >= 4 is 54.8 Å². The number of halogens is 3. The summed E-state index contributed by atoms with van der Waals surface area (Å²) >= 11 is 14.4. The lowest BCUT2D eigenvalue weighted by molar-refractivity contribution is 0.216. The average molecular weight is 412 g/mol. The Morgan fingerprint density at radius 3 is 2.67 bits per heavy atom. The molecule has 0 radical (unpaired) electrons. The van der Waals surface area contributed by atoms with Gasteiger partial charge in [0.1, 0.15) is 11.9 Å². The Kier molecular flexibility index (Phi) is 5.09. The van der Waals surface area contributed by atoms with Gasteiger partial charge in [-0.3, -0.25) is 0 Å². The van der Waals surface area contributed by atoms with E-state index in [1.54, 1.807) is 23.5 Å².